The minimum absolute atomic E-state index is 0.249. The monoisotopic (exact) mass is 216 g/mol. The van der Waals surface area contributed by atoms with Crippen molar-refractivity contribution in [2.24, 2.45) is 0 Å². The van der Waals surface area contributed by atoms with Crippen LogP contribution in [0.5, 0.6) is 0 Å². The summed E-state index contributed by atoms with van der Waals surface area (Å²) in [6.45, 7) is 1.93. The molecule has 14 heavy (non-hydrogen) atoms. The van der Waals surface area contributed by atoms with Crippen LogP contribution >= 0.6 is 11.3 Å². The number of nitrogens with zero attached hydrogens (tertiary/aromatic N) is 1. The van der Waals surface area contributed by atoms with Gasteiger partial charge in [0.15, 0.2) is 11.2 Å². The zero-order valence-electron chi connectivity index (χ0n) is 7.98. The van der Waals surface area contributed by atoms with Crippen LogP contribution < -0.4 is 5.32 Å². The minimum Gasteiger partial charge on any atom is -0.464 e. The molecule has 0 aliphatic carbocycles. The number of thiazole rings is 1. The fraction of sp³-hybridized carbons (Fsp3) is 0.500. The number of hydrogen-bond acceptors (Lipinski definition) is 6. The average molecular weight is 216 g/mol. The first-order valence-corrected chi connectivity index (χ1v) is 5.04. The van der Waals surface area contributed by atoms with Crippen LogP contribution in [0.2, 0.25) is 0 Å². The number of esters is 1. The highest BCUT2D eigenvalue weighted by atomic mass is 32.1. The molecule has 0 aromatic carbocycles. The van der Waals surface area contributed by atoms with Gasteiger partial charge >= 0.3 is 5.97 Å². The molecule has 1 unspecified atom stereocenters. The summed E-state index contributed by atoms with van der Waals surface area (Å²) < 4.78 is 4.66. The van der Waals surface area contributed by atoms with Gasteiger partial charge < -0.3 is 15.2 Å². The molecule has 1 atom stereocenters. The van der Waals surface area contributed by atoms with Gasteiger partial charge in [0.1, 0.15) is 0 Å². The highest BCUT2D eigenvalue weighted by molar-refractivity contribution is 7.13. The van der Waals surface area contributed by atoms with Crippen molar-refractivity contribution >= 4 is 22.4 Å². The third-order valence-corrected chi connectivity index (χ3v) is 2.40. The molecule has 1 aromatic rings. The van der Waals surface area contributed by atoms with Gasteiger partial charge in [0, 0.05) is 12.4 Å². The van der Waals surface area contributed by atoms with Crippen molar-refractivity contribution in [3.8, 4) is 0 Å². The second-order valence-corrected chi connectivity index (χ2v) is 3.34. The van der Waals surface area contributed by atoms with E-state index in [0.29, 0.717) is 10.8 Å². The lowest BCUT2D eigenvalue weighted by Gasteiger charge is -2.05. The Kier molecular flexibility index (Phi) is 3.84. The number of ether oxygens (including phenoxy) is 1. The highest BCUT2D eigenvalue weighted by Crippen LogP contribution is 2.20. The number of rotatable bonds is 4. The largest absolute Gasteiger partial charge is 0.464 e. The summed E-state index contributed by atoms with van der Waals surface area (Å²) in [6, 6.07) is 0. The molecule has 2 N–H and O–H groups in total. The average Bonchev–Trinajstić information content (AvgIpc) is 2.65. The fourth-order valence-corrected chi connectivity index (χ4v) is 1.56. The van der Waals surface area contributed by atoms with Crippen molar-refractivity contribution in [2.45, 2.75) is 13.0 Å². The van der Waals surface area contributed by atoms with Gasteiger partial charge in [-0.2, -0.15) is 0 Å². The van der Waals surface area contributed by atoms with E-state index in [1.807, 2.05) is 0 Å². The van der Waals surface area contributed by atoms with Gasteiger partial charge in [-0.15, -0.1) is 11.3 Å². The first-order valence-electron chi connectivity index (χ1n) is 4.17. The minimum atomic E-state index is -1.28. The van der Waals surface area contributed by atoms with Gasteiger partial charge in [-0.25, -0.2) is 9.78 Å². The molecule has 0 spiro atoms. The molecule has 0 radical (unpaired) electrons. The number of aliphatic hydroxyl groups is 1. The Hall–Kier alpha value is -1.14. The number of anilines is 1. The zero-order valence-corrected chi connectivity index (χ0v) is 8.80. The van der Waals surface area contributed by atoms with Crippen molar-refractivity contribution < 1.29 is 14.6 Å². The predicted octanol–water partition coefficient (Wildman–Crippen LogP) is 0.781. The lowest BCUT2D eigenvalue weighted by Crippen LogP contribution is -2.15. The molecular formula is C8H12N2O3S. The maximum absolute atomic E-state index is 11.1. The Morgan fingerprint density at radius 1 is 1.86 bits per heavy atom. The van der Waals surface area contributed by atoms with E-state index < -0.39 is 12.1 Å². The Morgan fingerprint density at radius 2 is 2.57 bits per heavy atom. The van der Waals surface area contributed by atoms with E-state index in [1.165, 1.54) is 11.3 Å². The number of carbonyl (C=O) groups excluding carboxylic acids is 1. The Bertz CT molecular complexity index is 313. The summed E-state index contributed by atoms with van der Waals surface area (Å²) in [4.78, 5) is 15.1. The molecule has 0 amide bonds. The predicted molar refractivity (Wildman–Crippen MR) is 53.3 cm³/mol. The summed E-state index contributed by atoms with van der Waals surface area (Å²) >= 11 is 1.32. The van der Waals surface area contributed by atoms with Crippen molar-refractivity contribution in [3.63, 3.8) is 0 Å². The van der Waals surface area contributed by atoms with E-state index in [-0.39, 0.29) is 6.61 Å². The Balaban J connectivity index is 2.68. The van der Waals surface area contributed by atoms with Gasteiger partial charge in [-0.3, -0.25) is 0 Å². The molecule has 0 bridgehead atoms. The lowest BCUT2D eigenvalue weighted by atomic mass is 10.3. The molecule has 0 aliphatic heterocycles. The SMILES string of the molecule is CCOC(=O)C(O)c1csc(NC)n1. The van der Waals surface area contributed by atoms with Crippen LogP contribution in [0.25, 0.3) is 0 Å². The molecular weight excluding hydrogens is 204 g/mol. The van der Waals surface area contributed by atoms with Crippen LogP contribution in [-0.4, -0.2) is 29.7 Å². The van der Waals surface area contributed by atoms with Crippen molar-refractivity contribution in [1.29, 1.82) is 0 Å². The van der Waals surface area contributed by atoms with Crippen molar-refractivity contribution in [3.05, 3.63) is 11.1 Å². The zero-order chi connectivity index (χ0) is 10.6. The third kappa shape index (κ3) is 2.43. The van der Waals surface area contributed by atoms with Crippen LogP contribution in [0, 0.1) is 0 Å². The molecule has 0 saturated heterocycles. The van der Waals surface area contributed by atoms with Crippen LogP contribution in [0.3, 0.4) is 0 Å². The normalized spacial score (nSPS) is 12.2. The molecule has 78 valence electrons. The summed E-state index contributed by atoms with van der Waals surface area (Å²) in [5.41, 5.74) is 0.317. The van der Waals surface area contributed by atoms with E-state index in [4.69, 9.17) is 0 Å². The lowest BCUT2D eigenvalue weighted by molar-refractivity contribution is -0.153. The molecule has 1 aromatic heterocycles. The summed E-state index contributed by atoms with van der Waals surface area (Å²) in [6.07, 6.45) is -1.28. The second kappa shape index (κ2) is 4.92. The Morgan fingerprint density at radius 3 is 3.07 bits per heavy atom. The van der Waals surface area contributed by atoms with Crippen LogP contribution in [-0.2, 0) is 9.53 Å². The smallest absolute Gasteiger partial charge is 0.341 e. The first-order chi connectivity index (χ1) is 6.69. The Labute approximate surface area is 85.7 Å². The molecule has 0 aliphatic rings. The molecule has 1 rings (SSSR count). The van der Waals surface area contributed by atoms with E-state index in [0.717, 1.165) is 0 Å². The molecule has 5 nitrogen and oxygen atoms in total. The summed E-state index contributed by atoms with van der Waals surface area (Å²) in [5.74, 6) is -0.666. The summed E-state index contributed by atoms with van der Waals surface area (Å²) in [7, 11) is 1.72. The van der Waals surface area contributed by atoms with Gasteiger partial charge in [-0.1, -0.05) is 0 Å². The quantitative estimate of drug-likeness (QED) is 0.728. The number of hydrogen-bond donors (Lipinski definition) is 2. The standard InChI is InChI=1S/C8H12N2O3S/c1-3-13-7(12)6(11)5-4-14-8(9-2)10-5/h4,6,11H,3H2,1-2H3,(H,9,10). The number of aromatic nitrogens is 1. The second-order valence-electron chi connectivity index (χ2n) is 2.48. The number of nitrogens with one attached hydrogen (secondary N) is 1. The maximum Gasteiger partial charge on any atom is 0.341 e. The molecule has 0 fully saturated rings. The number of aliphatic hydroxyl groups excluding tert-OH is 1. The van der Waals surface area contributed by atoms with Gasteiger partial charge in [0.25, 0.3) is 0 Å². The summed E-state index contributed by atoms with van der Waals surface area (Å²) in [5, 5.41) is 14.6. The van der Waals surface area contributed by atoms with Crippen LogP contribution in [0.1, 0.15) is 18.7 Å². The van der Waals surface area contributed by atoms with E-state index in [1.54, 1.807) is 19.4 Å². The van der Waals surface area contributed by atoms with Crippen molar-refractivity contribution in [1.82, 2.24) is 4.98 Å². The highest BCUT2D eigenvalue weighted by Gasteiger charge is 2.21. The molecule has 1 heterocycles. The van der Waals surface area contributed by atoms with Crippen LogP contribution in [0.4, 0.5) is 5.13 Å². The van der Waals surface area contributed by atoms with E-state index in [2.05, 4.69) is 15.0 Å². The fourth-order valence-electron chi connectivity index (χ4n) is 0.869. The van der Waals surface area contributed by atoms with Gasteiger partial charge in [0.2, 0.25) is 0 Å². The first kappa shape index (κ1) is 10.9. The molecule has 0 saturated carbocycles. The topological polar surface area (TPSA) is 71.5 Å². The molecule has 6 heteroatoms. The third-order valence-electron chi connectivity index (χ3n) is 1.53. The van der Waals surface area contributed by atoms with Crippen LogP contribution in [0.15, 0.2) is 5.38 Å². The van der Waals surface area contributed by atoms with E-state index >= 15 is 0 Å². The maximum atomic E-state index is 11.1. The van der Waals surface area contributed by atoms with E-state index in [9.17, 15) is 9.90 Å². The van der Waals surface area contributed by atoms with Crippen molar-refractivity contribution in [2.75, 3.05) is 19.0 Å². The van der Waals surface area contributed by atoms with Gasteiger partial charge in [0.05, 0.1) is 12.3 Å². The number of carbonyl (C=O) groups is 1. The van der Waals surface area contributed by atoms with Gasteiger partial charge in [-0.05, 0) is 6.92 Å².